The highest BCUT2D eigenvalue weighted by molar-refractivity contribution is 6.34. The van der Waals surface area contributed by atoms with Gasteiger partial charge in [0.25, 0.3) is 0 Å². The summed E-state index contributed by atoms with van der Waals surface area (Å²) >= 11 is 6.58. The number of aliphatic hydroxyl groups excluding tert-OH is 1. The number of carbonyl (C=O) groups is 1. The molecule has 8 heteroatoms. The Hall–Kier alpha value is -3.00. The lowest BCUT2D eigenvalue weighted by molar-refractivity contribution is 0.0333. The molecule has 192 valence electrons. The number of hydrogen-bond donors (Lipinski definition) is 3. The van der Waals surface area contributed by atoms with Crippen LogP contribution in [0.4, 0.5) is 8.78 Å². The molecule has 1 amide bonds. The Morgan fingerprint density at radius 1 is 1.16 bits per heavy atom. The van der Waals surface area contributed by atoms with Crippen LogP contribution in [-0.2, 0) is 12.0 Å². The van der Waals surface area contributed by atoms with E-state index in [9.17, 15) is 9.90 Å². The molecule has 1 saturated heterocycles. The van der Waals surface area contributed by atoms with Crippen LogP contribution in [0.2, 0.25) is 5.02 Å². The van der Waals surface area contributed by atoms with Gasteiger partial charge in [0.2, 0.25) is 5.91 Å². The van der Waals surface area contributed by atoms with Crippen LogP contribution in [0.25, 0.3) is 11.1 Å². The summed E-state index contributed by atoms with van der Waals surface area (Å²) in [4.78, 5) is 12.6. The lowest BCUT2D eigenvalue weighted by Gasteiger charge is -2.39. The van der Waals surface area contributed by atoms with Crippen LogP contribution >= 0.6 is 11.6 Å². The minimum Gasteiger partial charge on any atom is -0.480 e. The summed E-state index contributed by atoms with van der Waals surface area (Å²) in [6.07, 6.45) is 1.50. The third kappa shape index (κ3) is 3.44. The maximum atomic E-state index is 16.3. The van der Waals surface area contributed by atoms with Crippen LogP contribution < -0.4 is 15.8 Å². The van der Waals surface area contributed by atoms with Crippen molar-refractivity contribution in [3.63, 3.8) is 0 Å². The molecule has 4 N–H and O–H groups in total. The molecule has 0 bridgehead atoms. The van der Waals surface area contributed by atoms with Crippen molar-refractivity contribution in [3.8, 4) is 16.9 Å². The number of primary amides is 1. The van der Waals surface area contributed by atoms with E-state index in [1.54, 1.807) is 0 Å². The molecule has 0 aromatic heterocycles. The van der Waals surface area contributed by atoms with E-state index in [-0.39, 0.29) is 39.1 Å². The van der Waals surface area contributed by atoms with Gasteiger partial charge in [0.15, 0.2) is 5.60 Å². The summed E-state index contributed by atoms with van der Waals surface area (Å²) in [6.45, 7) is 2.78. The quantitative estimate of drug-likeness (QED) is 0.420. The maximum Gasteiger partial charge on any atom is 0.249 e. The number of aliphatic hydroxyl groups is 1. The summed E-state index contributed by atoms with van der Waals surface area (Å²) in [5.74, 6) is -2.59. The van der Waals surface area contributed by atoms with E-state index in [4.69, 9.17) is 22.1 Å². The topological polar surface area (TPSA) is 84.6 Å². The van der Waals surface area contributed by atoms with Crippen LogP contribution in [0.3, 0.4) is 0 Å². The Bertz CT molecular complexity index is 1420. The third-order valence-corrected chi connectivity index (χ3v) is 8.68. The number of rotatable bonds is 4. The van der Waals surface area contributed by atoms with Crippen molar-refractivity contribution in [3.05, 3.63) is 86.9 Å². The van der Waals surface area contributed by atoms with Crippen LogP contribution in [0.1, 0.15) is 70.8 Å². The number of benzene rings is 3. The first-order valence-electron chi connectivity index (χ1n) is 12.6. The highest BCUT2D eigenvalue weighted by Gasteiger charge is 2.55. The fraction of sp³-hybridized carbons (Fsp3) is 0.345. The lowest BCUT2D eigenvalue weighted by atomic mass is 9.73. The van der Waals surface area contributed by atoms with E-state index < -0.39 is 35.2 Å². The predicted octanol–water partition coefficient (Wildman–Crippen LogP) is 5.51. The highest BCUT2D eigenvalue weighted by atomic mass is 35.5. The molecule has 1 unspecified atom stereocenters. The number of nitrogens with two attached hydrogens (primary N) is 1. The van der Waals surface area contributed by atoms with Gasteiger partial charge in [-0.05, 0) is 49.4 Å². The smallest absolute Gasteiger partial charge is 0.249 e. The minimum absolute atomic E-state index is 0.0492. The van der Waals surface area contributed by atoms with E-state index in [1.165, 1.54) is 12.1 Å². The van der Waals surface area contributed by atoms with Crippen molar-refractivity contribution in [1.82, 2.24) is 5.32 Å². The molecule has 6 rings (SSSR count). The first kappa shape index (κ1) is 24.3. The maximum absolute atomic E-state index is 16.3. The van der Waals surface area contributed by atoms with Gasteiger partial charge in [-0.15, -0.1) is 0 Å². The fourth-order valence-electron chi connectivity index (χ4n) is 6.65. The lowest BCUT2D eigenvalue weighted by Crippen LogP contribution is -2.50. The molecule has 3 aliphatic rings. The van der Waals surface area contributed by atoms with Crippen LogP contribution in [0, 0.1) is 11.6 Å². The minimum atomic E-state index is -1.03. The zero-order valence-corrected chi connectivity index (χ0v) is 21.0. The summed E-state index contributed by atoms with van der Waals surface area (Å²) < 4.78 is 38.3. The van der Waals surface area contributed by atoms with E-state index in [0.29, 0.717) is 24.0 Å². The van der Waals surface area contributed by atoms with Gasteiger partial charge in [0.05, 0.1) is 22.7 Å². The zero-order valence-electron chi connectivity index (χ0n) is 20.3. The van der Waals surface area contributed by atoms with Crippen molar-refractivity contribution < 1.29 is 23.4 Å². The Morgan fingerprint density at radius 2 is 1.92 bits per heavy atom. The highest BCUT2D eigenvalue weighted by Crippen LogP contribution is 2.58. The molecular formula is C29H27ClF2N2O3. The molecule has 0 saturated carbocycles. The second kappa shape index (κ2) is 8.79. The summed E-state index contributed by atoms with van der Waals surface area (Å²) in [7, 11) is 0. The van der Waals surface area contributed by atoms with Gasteiger partial charge in [-0.1, -0.05) is 48.9 Å². The normalized spacial score (nSPS) is 26.1. The molecule has 1 aliphatic carbocycles. The SMILES string of the molecule is C[C@H]1c2c(cc(F)c(Cl)c2-c2c(C(N)=O)cc3c(c2F)C(O)CC3)O[C@@]1(c1ccccc1)[C@@H]1CCCN1. The molecule has 5 nitrogen and oxygen atoms in total. The summed E-state index contributed by atoms with van der Waals surface area (Å²) in [5.41, 5.74) is 6.61. The largest absolute Gasteiger partial charge is 0.480 e. The molecule has 3 aromatic carbocycles. The first-order valence-corrected chi connectivity index (χ1v) is 13.0. The van der Waals surface area contributed by atoms with Gasteiger partial charge in [0, 0.05) is 34.2 Å². The third-order valence-electron chi connectivity index (χ3n) is 8.31. The van der Waals surface area contributed by atoms with Crippen molar-refractivity contribution in [2.75, 3.05) is 6.54 Å². The van der Waals surface area contributed by atoms with E-state index >= 15 is 8.78 Å². The monoisotopic (exact) mass is 524 g/mol. The van der Waals surface area contributed by atoms with Crippen molar-refractivity contribution in [2.45, 2.75) is 56.3 Å². The number of aryl methyl sites for hydroxylation is 1. The number of halogens is 3. The van der Waals surface area contributed by atoms with Gasteiger partial charge < -0.3 is 20.9 Å². The predicted molar refractivity (Wildman–Crippen MR) is 137 cm³/mol. The van der Waals surface area contributed by atoms with E-state index in [1.807, 2.05) is 37.3 Å². The summed E-state index contributed by atoms with van der Waals surface area (Å²) in [5, 5.41) is 13.7. The van der Waals surface area contributed by atoms with Gasteiger partial charge >= 0.3 is 0 Å². The molecule has 2 heterocycles. The number of carbonyl (C=O) groups excluding carboxylic acids is 1. The van der Waals surface area contributed by atoms with E-state index in [0.717, 1.165) is 24.9 Å². The number of amides is 1. The fourth-order valence-corrected chi connectivity index (χ4v) is 6.90. The van der Waals surface area contributed by atoms with Gasteiger partial charge in [-0.25, -0.2) is 8.78 Å². The Balaban J connectivity index is 1.65. The average molecular weight is 525 g/mol. The number of ether oxygens (including phenoxy) is 1. The molecule has 3 aromatic rings. The van der Waals surface area contributed by atoms with Crippen LogP contribution in [0.5, 0.6) is 5.75 Å². The number of nitrogens with one attached hydrogen (secondary N) is 1. The first-order chi connectivity index (χ1) is 17.8. The second-order valence-electron chi connectivity index (χ2n) is 10.2. The molecule has 4 atom stereocenters. The van der Waals surface area contributed by atoms with E-state index in [2.05, 4.69) is 5.32 Å². The van der Waals surface area contributed by atoms with Crippen molar-refractivity contribution in [2.24, 2.45) is 5.73 Å². The number of hydrogen-bond acceptors (Lipinski definition) is 4. The number of fused-ring (bicyclic) bond motifs is 2. The molecule has 37 heavy (non-hydrogen) atoms. The molecule has 0 radical (unpaired) electrons. The molecular weight excluding hydrogens is 498 g/mol. The second-order valence-corrected chi connectivity index (χ2v) is 10.6. The standard InChI is InChI=1S/C29H27ClF2N2O3/c1-14-22-20(37-29(14,21-8-5-11-34-21)16-6-3-2-4-7-16)13-18(31)26(30)25(22)24-17(28(33)36)12-15-9-10-19(35)23(15)27(24)32/h2-4,6-7,12-14,19,21,34-35H,5,8-11H2,1H3,(H2,33,36)/t14-,19?,21-,29-/m0/s1. The molecule has 2 aliphatic heterocycles. The van der Waals surface area contributed by atoms with Crippen molar-refractivity contribution in [1.29, 1.82) is 0 Å². The Kier molecular flexibility index (Phi) is 5.78. The van der Waals surface area contributed by atoms with Gasteiger partial charge in [0.1, 0.15) is 17.4 Å². The summed E-state index contributed by atoms with van der Waals surface area (Å²) in [6, 6.07) is 12.4. The van der Waals surface area contributed by atoms with Gasteiger partial charge in [-0.3, -0.25) is 4.79 Å². The van der Waals surface area contributed by atoms with Crippen LogP contribution in [-0.4, -0.2) is 23.6 Å². The molecule has 1 fully saturated rings. The zero-order chi connectivity index (χ0) is 26.1. The van der Waals surface area contributed by atoms with Gasteiger partial charge in [-0.2, -0.15) is 0 Å². The Labute approximate surface area is 218 Å². The van der Waals surface area contributed by atoms with Crippen LogP contribution in [0.15, 0.2) is 42.5 Å². The average Bonchev–Trinajstić information content (AvgIpc) is 3.61. The Morgan fingerprint density at radius 3 is 2.59 bits per heavy atom. The van der Waals surface area contributed by atoms with Crippen molar-refractivity contribution >= 4 is 17.5 Å². The molecule has 0 spiro atoms.